The molecular formula is C50H42N3O2Pt-. The molecule has 0 saturated carbocycles. The summed E-state index contributed by atoms with van der Waals surface area (Å²) in [6, 6.07) is 49.1. The van der Waals surface area contributed by atoms with Crippen LogP contribution in [0, 0.1) is 6.07 Å². The topological polar surface area (TPSA) is 63.6 Å². The van der Waals surface area contributed by atoms with E-state index in [0.29, 0.717) is 16.8 Å². The number of imidazole rings is 1. The van der Waals surface area contributed by atoms with Crippen LogP contribution in [0.25, 0.3) is 83.7 Å². The fourth-order valence-electron chi connectivity index (χ4n) is 7.46. The maximum absolute atomic E-state index is 11.6. The summed E-state index contributed by atoms with van der Waals surface area (Å²) in [5.74, 6) is 0.107. The summed E-state index contributed by atoms with van der Waals surface area (Å²) in [5.41, 5.74) is 13.2. The van der Waals surface area contributed by atoms with Gasteiger partial charge in [-0.25, -0.2) is 0 Å². The Labute approximate surface area is 342 Å². The van der Waals surface area contributed by atoms with Gasteiger partial charge in [0.1, 0.15) is 22.6 Å². The zero-order chi connectivity index (χ0) is 38.1. The molecule has 0 radical (unpaired) electrons. The summed E-state index contributed by atoms with van der Waals surface area (Å²) in [7, 11) is 0. The largest absolute Gasteiger partial charge is 0.507 e. The Bertz CT molecular complexity index is 2880. The molecule has 5 nitrogen and oxygen atoms in total. The SMILES string of the molecule is CC(C)(C)c1cc(-c2cc(-c3[c-]c(-c4nc5ccccn5c4-c4ccccc4)ccc3)nc(-c3c(O)ccc4c3oc3ccccc34)c2)cc(C(C)(C)C)c1.[Pt]. The molecule has 0 atom stereocenters. The fourth-order valence-corrected chi connectivity index (χ4v) is 7.46. The maximum Gasteiger partial charge on any atom is 0.148 e. The van der Waals surface area contributed by atoms with E-state index in [2.05, 4.69) is 119 Å². The summed E-state index contributed by atoms with van der Waals surface area (Å²) >= 11 is 0. The van der Waals surface area contributed by atoms with Crippen molar-refractivity contribution in [2.24, 2.45) is 0 Å². The molecule has 5 aromatic carbocycles. The van der Waals surface area contributed by atoms with Gasteiger partial charge in [0.15, 0.2) is 0 Å². The van der Waals surface area contributed by atoms with E-state index in [4.69, 9.17) is 14.4 Å². The second-order valence-corrected chi connectivity index (χ2v) is 16.4. The van der Waals surface area contributed by atoms with Crippen LogP contribution in [0.2, 0.25) is 0 Å². The Hall–Kier alpha value is -5.77. The number of phenolic OH excluding ortho intramolecular Hbond substituents is 1. The van der Waals surface area contributed by atoms with Crippen LogP contribution in [0.15, 0.2) is 144 Å². The van der Waals surface area contributed by atoms with E-state index < -0.39 is 0 Å². The number of phenols is 1. The normalized spacial score (nSPS) is 12.0. The number of aromatic hydroxyl groups is 1. The molecule has 0 aliphatic rings. The monoisotopic (exact) mass is 911 g/mol. The number of aromatic nitrogens is 3. The van der Waals surface area contributed by atoms with Gasteiger partial charge in [-0.05, 0) is 75.0 Å². The van der Waals surface area contributed by atoms with Crippen molar-refractivity contribution in [2.45, 2.75) is 52.4 Å². The molecule has 0 saturated heterocycles. The zero-order valence-electron chi connectivity index (χ0n) is 32.3. The summed E-state index contributed by atoms with van der Waals surface area (Å²) in [4.78, 5) is 10.4. The molecule has 0 aliphatic heterocycles. The summed E-state index contributed by atoms with van der Waals surface area (Å²) < 4.78 is 8.61. The van der Waals surface area contributed by atoms with Crippen molar-refractivity contribution in [3.8, 4) is 61.9 Å². The predicted octanol–water partition coefficient (Wildman–Crippen LogP) is 13.1. The van der Waals surface area contributed by atoms with Gasteiger partial charge in [0.05, 0.1) is 11.3 Å². The molecule has 280 valence electrons. The second-order valence-electron chi connectivity index (χ2n) is 16.4. The van der Waals surface area contributed by atoms with Gasteiger partial charge in [0.25, 0.3) is 0 Å². The minimum atomic E-state index is -0.0699. The molecule has 0 unspecified atom stereocenters. The number of benzene rings is 5. The third-order valence-electron chi connectivity index (χ3n) is 10.5. The van der Waals surface area contributed by atoms with Crippen molar-refractivity contribution in [3.63, 3.8) is 0 Å². The molecule has 0 aliphatic carbocycles. The molecule has 0 spiro atoms. The predicted molar refractivity (Wildman–Crippen MR) is 225 cm³/mol. The van der Waals surface area contributed by atoms with Crippen LogP contribution in [0.1, 0.15) is 52.7 Å². The molecule has 0 amide bonds. The molecule has 9 aromatic rings. The van der Waals surface area contributed by atoms with Crippen LogP contribution in [0.3, 0.4) is 0 Å². The molecular weight excluding hydrogens is 870 g/mol. The molecule has 6 heteroatoms. The van der Waals surface area contributed by atoms with Crippen molar-refractivity contribution in [1.82, 2.24) is 14.4 Å². The van der Waals surface area contributed by atoms with E-state index in [-0.39, 0.29) is 37.6 Å². The third-order valence-corrected chi connectivity index (χ3v) is 10.5. The molecule has 56 heavy (non-hydrogen) atoms. The van der Waals surface area contributed by atoms with E-state index >= 15 is 0 Å². The Kier molecular flexibility index (Phi) is 9.33. The van der Waals surface area contributed by atoms with E-state index in [1.54, 1.807) is 6.07 Å². The number of rotatable bonds is 5. The van der Waals surface area contributed by atoms with Crippen molar-refractivity contribution in [2.75, 3.05) is 0 Å². The van der Waals surface area contributed by atoms with Crippen molar-refractivity contribution >= 4 is 27.6 Å². The second kappa shape index (κ2) is 14.1. The average molecular weight is 912 g/mol. The van der Waals surface area contributed by atoms with E-state index in [0.717, 1.165) is 66.9 Å². The fraction of sp³-hybridized carbons (Fsp3) is 0.160. The Morgan fingerprint density at radius 3 is 2.00 bits per heavy atom. The molecule has 4 aromatic heterocycles. The number of nitrogens with zero attached hydrogens (tertiary/aromatic N) is 3. The average Bonchev–Trinajstić information content (AvgIpc) is 3.76. The number of para-hydroxylation sites is 1. The summed E-state index contributed by atoms with van der Waals surface area (Å²) in [6.45, 7) is 13.5. The van der Waals surface area contributed by atoms with Gasteiger partial charge in [-0.15, -0.1) is 24.3 Å². The molecule has 0 bridgehead atoms. The van der Waals surface area contributed by atoms with Crippen LogP contribution in [-0.4, -0.2) is 19.5 Å². The number of pyridine rings is 2. The van der Waals surface area contributed by atoms with Crippen LogP contribution in [0.5, 0.6) is 5.75 Å². The van der Waals surface area contributed by atoms with E-state index in [1.165, 1.54) is 11.1 Å². The smallest absolute Gasteiger partial charge is 0.148 e. The van der Waals surface area contributed by atoms with E-state index in [9.17, 15) is 5.11 Å². The Balaban J connectivity index is 0.00000441. The molecule has 1 N–H and O–H groups in total. The first-order chi connectivity index (χ1) is 26.4. The summed E-state index contributed by atoms with van der Waals surface area (Å²) in [6.07, 6.45) is 2.05. The zero-order valence-corrected chi connectivity index (χ0v) is 34.6. The molecule has 9 rings (SSSR count). The maximum atomic E-state index is 11.6. The minimum absolute atomic E-state index is 0. The van der Waals surface area contributed by atoms with Gasteiger partial charge in [-0.1, -0.05) is 132 Å². The number of furan rings is 1. The third kappa shape index (κ3) is 6.65. The first kappa shape index (κ1) is 37.2. The molecule has 0 fully saturated rings. The van der Waals surface area contributed by atoms with Crippen LogP contribution < -0.4 is 0 Å². The first-order valence-electron chi connectivity index (χ1n) is 18.8. The van der Waals surface area contributed by atoms with Gasteiger partial charge in [0, 0.05) is 55.1 Å². The molecule has 4 heterocycles. The number of hydrogen-bond acceptors (Lipinski definition) is 4. The van der Waals surface area contributed by atoms with Crippen LogP contribution in [-0.2, 0) is 31.9 Å². The van der Waals surface area contributed by atoms with Gasteiger partial charge in [-0.2, -0.15) is 0 Å². The Morgan fingerprint density at radius 2 is 1.25 bits per heavy atom. The van der Waals surface area contributed by atoms with Gasteiger partial charge < -0.3 is 13.9 Å². The van der Waals surface area contributed by atoms with Crippen LogP contribution >= 0.6 is 0 Å². The number of fused-ring (bicyclic) bond motifs is 4. The van der Waals surface area contributed by atoms with Gasteiger partial charge >= 0.3 is 0 Å². The number of hydrogen-bond donors (Lipinski definition) is 1. The van der Waals surface area contributed by atoms with Crippen molar-refractivity contribution in [3.05, 3.63) is 157 Å². The minimum Gasteiger partial charge on any atom is -0.507 e. The van der Waals surface area contributed by atoms with Gasteiger partial charge in [0.2, 0.25) is 0 Å². The first-order valence-corrected chi connectivity index (χ1v) is 18.8. The van der Waals surface area contributed by atoms with Crippen molar-refractivity contribution < 1.29 is 30.6 Å². The summed E-state index contributed by atoms with van der Waals surface area (Å²) in [5, 5.41) is 13.5. The Morgan fingerprint density at radius 1 is 0.589 bits per heavy atom. The van der Waals surface area contributed by atoms with Crippen LogP contribution in [0.4, 0.5) is 0 Å². The quantitative estimate of drug-likeness (QED) is 0.175. The van der Waals surface area contributed by atoms with Gasteiger partial charge in [-0.3, -0.25) is 9.97 Å². The van der Waals surface area contributed by atoms with E-state index in [1.807, 2.05) is 66.7 Å². The standard InChI is InChI=1S/C50H42N3O2.Pt/c1-49(2,3)36-26-34(27-37(30-36)50(4,5)6)35-28-40(51-41(29-35)45-42(54)23-22-39-38-19-10-11-20-43(38)55-48(39)45)32-17-14-18-33(25-32)46-47(31-15-8-7-9-16-31)53-24-13-12-21-44(53)52-46;/h7-24,26-30,54H,1-6H3;/q-1;. The van der Waals surface area contributed by atoms with Crippen molar-refractivity contribution in [1.29, 1.82) is 0 Å².